The van der Waals surface area contributed by atoms with Crippen molar-refractivity contribution in [2.24, 2.45) is 22.9 Å². The van der Waals surface area contributed by atoms with E-state index in [4.69, 9.17) is 0 Å². The van der Waals surface area contributed by atoms with E-state index >= 15 is 0 Å². The van der Waals surface area contributed by atoms with Crippen LogP contribution in [0.5, 0.6) is 0 Å². The molecule has 3 atom stereocenters. The van der Waals surface area contributed by atoms with Crippen molar-refractivity contribution in [1.82, 2.24) is 0 Å². The first-order chi connectivity index (χ1) is 6.29. The SMILES string of the molecule is C=CCC[C@@H](C)[C@@H]1CC1CCN=O. The van der Waals surface area contributed by atoms with Crippen LogP contribution in [0, 0.1) is 22.7 Å². The molecule has 0 aliphatic heterocycles. The van der Waals surface area contributed by atoms with Crippen LogP contribution >= 0.6 is 0 Å². The maximum Gasteiger partial charge on any atom is 0.0813 e. The highest BCUT2D eigenvalue weighted by Gasteiger charge is 2.39. The Kier molecular flexibility index (Phi) is 4.13. The summed E-state index contributed by atoms with van der Waals surface area (Å²) in [6, 6.07) is 0. The predicted molar refractivity (Wildman–Crippen MR) is 55.5 cm³/mol. The summed E-state index contributed by atoms with van der Waals surface area (Å²) in [5.74, 6) is 2.45. The van der Waals surface area contributed by atoms with Crippen LogP contribution in [0.4, 0.5) is 0 Å². The van der Waals surface area contributed by atoms with Gasteiger partial charge in [-0.1, -0.05) is 18.2 Å². The predicted octanol–water partition coefficient (Wildman–Crippen LogP) is 3.38. The lowest BCUT2D eigenvalue weighted by Gasteiger charge is -2.08. The number of rotatable bonds is 7. The molecule has 13 heavy (non-hydrogen) atoms. The largest absolute Gasteiger partial charge is 0.151 e. The molecule has 0 bridgehead atoms. The minimum absolute atomic E-state index is 0.509. The van der Waals surface area contributed by atoms with Crippen molar-refractivity contribution < 1.29 is 0 Å². The van der Waals surface area contributed by atoms with Gasteiger partial charge < -0.3 is 0 Å². The molecule has 0 heterocycles. The van der Waals surface area contributed by atoms with Crippen molar-refractivity contribution in [2.45, 2.75) is 32.6 Å². The molecule has 2 heteroatoms. The Balaban J connectivity index is 2.10. The summed E-state index contributed by atoms with van der Waals surface area (Å²) in [4.78, 5) is 9.92. The Labute approximate surface area is 80.4 Å². The van der Waals surface area contributed by atoms with Crippen LogP contribution in [0.1, 0.15) is 32.6 Å². The normalized spacial score (nSPS) is 28.1. The average Bonchev–Trinajstić information content (AvgIpc) is 2.90. The first-order valence-corrected chi connectivity index (χ1v) is 5.19. The van der Waals surface area contributed by atoms with E-state index in [1.54, 1.807) is 0 Å². The lowest BCUT2D eigenvalue weighted by molar-refractivity contribution is 0.439. The number of hydrogen-bond acceptors (Lipinski definition) is 2. The smallest absolute Gasteiger partial charge is 0.0813 e. The van der Waals surface area contributed by atoms with E-state index in [9.17, 15) is 4.91 Å². The van der Waals surface area contributed by atoms with Gasteiger partial charge in [0.15, 0.2) is 0 Å². The molecule has 1 fully saturated rings. The minimum Gasteiger partial charge on any atom is -0.151 e. The third-order valence-electron chi connectivity index (χ3n) is 3.13. The Bertz CT molecular complexity index is 179. The number of nitroso groups, excluding NO2 is 1. The van der Waals surface area contributed by atoms with E-state index in [2.05, 4.69) is 18.7 Å². The molecule has 1 aliphatic carbocycles. The maximum atomic E-state index is 9.92. The molecule has 0 N–H and O–H groups in total. The second kappa shape index (κ2) is 5.15. The molecule has 0 aromatic heterocycles. The third-order valence-corrected chi connectivity index (χ3v) is 3.13. The Hall–Kier alpha value is -0.660. The Morgan fingerprint density at radius 2 is 2.46 bits per heavy atom. The molecule has 1 aliphatic rings. The van der Waals surface area contributed by atoms with Crippen molar-refractivity contribution in [3.63, 3.8) is 0 Å². The zero-order valence-corrected chi connectivity index (χ0v) is 8.41. The molecule has 1 rings (SSSR count). The summed E-state index contributed by atoms with van der Waals surface area (Å²) >= 11 is 0. The summed E-state index contributed by atoms with van der Waals surface area (Å²) in [5.41, 5.74) is 0. The van der Waals surface area contributed by atoms with Crippen molar-refractivity contribution >= 4 is 0 Å². The molecule has 0 aromatic rings. The molecule has 1 unspecified atom stereocenters. The summed E-state index contributed by atoms with van der Waals surface area (Å²) in [6.07, 6.45) is 6.68. The lowest BCUT2D eigenvalue weighted by Crippen LogP contribution is -1.99. The van der Waals surface area contributed by atoms with E-state index < -0.39 is 0 Å². The summed E-state index contributed by atoms with van der Waals surface area (Å²) in [7, 11) is 0. The van der Waals surface area contributed by atoms with Gasteiger partial charge in [-0.2, -0.15) is 4.91 Å². The Morgan fingerprint density at radius 3 is 3.08 bits per heavy atom. The average molecular weight is 181 g/mol. The van der Waals surface area contributed by atoms with Crippen LogP contribution in [0.15, 0.2) is 17.8 Å². The molecular formula is C11H19NO. The molecule has 0 radical (unpaired) electrons. The highest BCUT2D eigenvalue weighted by molar-refractivity contribution is 4.90. The first kappa shape index (κ1) is 10.4. The van der Waals surface area contributed by atoms with Crippen molar-refractivity contribution in [1.29, 1.82) is 0 Å². The van der Waals surface area contributed by atoms with E-state index in [0.29, 0.717) is 6.54 Å². The summed E-state index contributed by atoms with van der Waals surface area (Å²) < 4.78 is 0. The monoisotopic (exact) mass is 181 g/mol. The van der Waals surface area contributed by atoms with Crippen LogP contribution in [-0.2, 0) is 0 Å². The molecule has 74 valence electrons. The van der Waals surface area contributed by atoms with Gasteiger partial charge >= 0.3 is 0 Å². The molecule has 0 spiro atoms. The number of allylic oxidation sites excluding steroid dienone is 1. The van der Waals surface area contributed by atoms with Gasteiger partial charge in [0, 0.05) is 0 Å². The second-order valence-electron chi connectivity index (χ2n) is 4.14. The first-order valence-electron chi connectivity index (χ1n) is 5.19. The molecule has 0 saturated heterocycles. The number of hydrogen-bond donors (Lipinski definition) is 0. The highest BCUT2D eigenvalue weighted by atomic mass is 16.3. The Morgan fingerprint density at radius 1 is 1.69 bits per heavy atom. The molecule has 2 nitrogen and oxygen atoms in total. The van der Waals surface area contributed by atoms with Crippen LogP contribution in [0.3, 0.4) is 0 Å². The van der Waals surface area contributed by atoms with Crippen LogP contribution in [0.25, 0.3) is 0 Å². The van der Waals surface area contributed by atoms with Gasteiger partial charge in [0.2, 0.25) is 0 Å². The minimum atomic E-state index is 0.509. The fourth-order valence-electron chi connectivity index (χ4n) is 2.11. The third kappa shape index (κ3) is 3.29. The maximum absolute atomic E-state index is 9.92. The molecule has 0 aromatic carbocycles. The second-order valence-corrected chi connectivity index (χ2v) is 4.14. The molecular weight excluding hydrogens is 162 g/mol. The van der Waals surface area contributed by atoms with Gasteiger partial charge in [0.25, 0.3) is 0 Å². The van der Waals surface area contributed by atoms with Crippen molar-refractivity contribution in [3.8, 4) is 0 Å². The van der Waals surface area contributed by atoms with E-state index in [1.807, 2.05) is 6.08 Å². The number of nitrogens with zero attached hydrogens (tertiary/aromatic N) is 1. The summed E-state index contributed by atoms with van der Waals surface area (Å²) in [5, 5.41) is 2.91. The van der Waals surface area contributed by atoms with E-state index in [1.165, 1.54) is 12.8 Å². The van der Waals surface area contributed by atoms with Crippen molar-refractivity contribution in [2.75, 3.05) is 6.54 Å². The van der Waals surface area contributed by atoms with Gasteiger partial charge in [-0.15, -0.1) is 6.58 Å². The molecule has 0 amide bonds. The van der Waals surface area contributed by atoms with E-state index in [0.717, 1.165) is 30.6 Å². The topological polar surface area (TPSA) is 29.4 Å². The highest BCUT2D eigenvalue weighted by Crippen LogP contribution is 2.47. The van der Waals surface area contributed by atoms with Crippen LogP contribution in [-0.4, -0.2) is 6.54 Å². The van der Waals surface area contributed by atoms with Crippen molar-refractivity contribution in [3.05, 3.63) is 17.6 Å². The van der Waals surface area contributed by atoms with Gasteiger partial charge in [0.1, 0.15) is 0 Å². The van der Waals surface area contributed by atoms with Gasteiger partial charge in [-0.25, -0.2) is 0 Å². The standard InChI is InChI=1S/C11H19NO/c1-3-4-5-9(2)11-8-10(11)6-7-12-13/h3,9-11H,1,4-8H2,2H3/t9-,10?,11+/m1/s1. The van der Waals surface area contributed by atoms with Crippen LogP contribution in [0.2, 0.25) is 0 Å². The van der Waals surface area contributed by atoms with Gasteiger partial charge in [-0.05, 0) is 43.4 Å². The van der Waals surface area contributed by atoms with Gasteiger partial charge in [0.05, 0.1) is 6.54 Å². The van der Waals surface area contributed by atoms with Gasteiger partial charge in [-0.3, -0.25) is 0 Å². The van der Waals surface area contributed by atoms with E-state index in [-0.39, 0.29) is 0 Å². The fourth-order valence-corrected chi connectivity index (χ4v) is 2.11. The quantitative estimate of drug-likeness (QED) is 0.437. The molecule has 1 saturated carbocycles. The zero-order chi connectivity index (χ0) is 9.68. The van der Waals surface area contributed by atoms with Crippen LogP contribution < -0.4 is 0 Å². The zero-order valence-electron chi connectivity index (χ0n) is 8.41. The lowest BCUT2D eigenvalue weighted by atomic mass is 9.98. The summed E-state index contributed by atoms with van der Waals surface area (Å²) in [6.45, 7) is 6.54. The fraction of sp³-hybridized carbons (Fsp3) is 0.818.